The van der Waals surface area contributed by atoms with Gasteiger partial charge in [-0.15, -0.1) is 0 Å². The summed E-state index contributed by atoms with van der Waals surface area (Å²) in [6, 6.07) is 5.97. The van der Waals surface area contributed by atoms with E-state index in [1.165, 1.54) is 19.2 Å². The number of hydrogen-bond donors (Lipinski definition) is 1. The monoisotopic (exact) mass is 252 g/mol. The molecule has 2 N–H and O–H groups in total. The molecule has 0 aliphatic carbocycles. The second-order valence-electron chi connectivity index (χ2n) is 4.10. The first-order chi connectivity index (χ1) is 8.42. The fourth-order valence-corrected chi connectivity index (χ4v) is 1.64. The third-order valence-electron chi connectivity index (χ3n) is 2.89. The molecule has 98 valence electrons. The third-order valence-corrected chi connectivity index (χ3v) is 2.89. The number of carbonyl (C=O) groups is 1. The van der Waals surface area contributed by atoms with Gasteiger partial charge in [-0.05, 0) is 12.0 Å². The smallest absolute Gasteiger partial charge is 0.326 e. The number of hydrogen-bond acceptors (Lipinski definition) is 5. The second kappa shape index (κ2) is 5.59. The van der Waals surface area contributed by atoms with Crippen LogP contribution in [0.5, 0.6) is 0 Å². The highest BCUT2D eigenvalue weighted by Crippen LogP contribution is 2.19. The maximum Gasteiger partial charge on any atom is 0.326 e. The molecule has 0 aliphatic heterocycles. The lowest BCUT2D eigenvalue weighted by Crippen LogP contribution is -2.50. The van der Waals surface area contributed by atoms with Gasteiger partial charge in [0.1, 0.15) is 5.54 Å². The zero-order chi connectivity index (χ0) is 13.8. The van der Waals surface area contributed by atoms with Gasteiger partial charge >= 0.3 is 5.97 Å². The van der Waals surface area contributed by atoms with E-state index in [0.29, 0.717) is 6.42 Å². The van der Waals surface area contributed by atoms with E-state index in [-0.39, 0.29) is 12.1 Å². The molecule has 0 heterocycles. The molecule has 1 aromatic rings. The average molecular weight is 252 g/mol. The minimum absolute atomic E-state index is 0.0101. The molecule has 0 saturated heterocycles. The Labute approximate surface area is 105 Å². The Bertz CT molecular complexity index is 444. The lowest BCUT2D eigenvalue weighted by atomic mass is 9.89. The van der Waals surface area contributed by atoms with E-state index in [2.05, 4.69) is 4.74 Å². The van der Waals surface area contributed by atoms with Gasteiger partial charge in [-0.25, -0.2) is 0 Å². The van der Waals surface area contributed by atoms with Crippen LogP contribution in [0.3, 0.4) is 0 Å². The zero-order valence-corrected chi connectivity index (χ0v) is 10.4. The number of methoxy groups -OCH3 is 1. The van der Waals surface area contributed by atoms with Crippen LogP contribution in [-0.4, -0.2) is 23.5 Å². The van der Waals surface area contributed by atoms with Crippen molar-refractivity contribution in [2.45, 2.75) is 25.3 Å². The molecule has 1 rings (SSSR count). The Morgan fingerprint density at radius 1 is 1.44 bits per heavy atom. The maximum absolute atomic E-state index is 11.6. The summed E-state index contributed by atoms with van der Waals surface area (Å²) in [5.41, 5.74) is 5.65. The topological polar surface area (TPSA) is 95.5 Å². The summed E-state index contributed by atoms with van der Waals surface area (Å²) in [5, 5.41) is 10.5. The third kappa shape index (κ3) is 3.04. The van der Waals surface area contributed by atoms with E-state index in [4.69, 9.17) is 5.73 Å². The van der Waals surface area contributed by atoms with Crippen molar-refractivity contribution in [1.82, 2.24) is 0 Å². The Balaban J connectivity index is 2.89. The second-order valence-corrected chi connectivity index (χ2v) is 4.10. The van der Waals surface area contributed by atoms with Crippen molar-refractivity contribution < 1.29 is 14.5 Å². The standard InChI is InChI=1S/C12H16N2O4/c1-3-12(13,11(15)18-2)8-9-4-6-10(7-5-9)14(16)17/h4-7H,3,8,13H2,1-2H3/t12-/m1/s1. The van der Waals surface area contributed by atoms with Gasteiger partial charge in [0.25, 0.3) is 5.69 Å². The Hall–Kier alpha value is -1.95. The highest BCUT2D eigenvalue weighted by Gasteiger charge is 2.33. The lowest BCUT2D eigenvalue weighted by Gasteiger charge is -2.24. The van der Waals surface area contributed by atoms with Gasteiger partial charge in [0, 0.05) is 18.6 Å². The van der Waals surface area contributed by atoms with Crippen LogP contribution in [0.2, 0.25) is 0 Å². The van der Waals surface area contributed by atoms with Gasteiger partial charge in [0.2, 0.25) is 0 Å². The maximum atomic E-state index is 11.6. The molecule has 0 radical (unpaired) electrons. The number of nitrogens with two attached hydrogens (primary N) is 1. The molecule has 6 nitrogen and oxygen atoms in total. The molecule has 1 atom stereocenters. The lowest BCUT2D eigenvalue weighted by molar-refractivity contribution is -0.384. The van der Waals surface area contributed by atoms with Crippen LogP contribution >= 0.6 is 0 Å². The van der Waals surface area contributed by atoms with Crippen LogP contribution in [0.4, 0.5) is 5.69 Å². The highest BCUT2D eigenvalue weighted by molar-refractivity contribution is 5.80. The Kier molecular flexibility index (Phi) is 4.38. The molecule has 0 unspecified atom stereocenters. The van der Waals surface area contributed by atoms with Gasteiger partial charge < -0.3 is 10.5 Å². The number of nitro benzene ring substituents is 1. The van der Waals surface area contributed by atoms with Gasteiger partial charge in [0.05, 0.1) is 12.0 Å². The first-order valence-electron chi connectivity index (χ1n) is 5.53. The molecule has 18 heavy (non-hydrogen) atoms. The summed E-state index contributed by atoms with van der Waals surface area (Å²) in [6.45, 7) is 1.79. The quantitative estimate of drug-likeness (QED) is 0.485. The van der Waals surface area contributed by atoms with Crippen LogP contribution in [-0.2, 0) is 16.0 Å². The Morgan fingerprint density at radius 2 is 2.00 bits per heavy atom. The molecule has 0 aliphatic rings. The molecular weight excluding hydrogens is 236 g/mol. The minimum atomic E-state index is -1.09. The Morgan fingerprint density at radius 3 is 2.39 bits per heavy atom. The summed E-state index contributed by atoms with van der Waals surface area (Å²) >= 11 is 0. The van der Waals surface area contributed by atoms with E-state index < -0.39 is 16.4 Å². The molecular formula is C12H16N2O4. The summed E-state index contributed by atoms with van der Waals surface area (Å²) < 4.78 is 4.67. The molecule has 0 bridgehead atoms. The van der Waals surface area contributed by atoms with Crippen molar-refractivity contribution in [3.63, 3.8) is 0 Å². The van der Waals surface area contributed by atoms with Gasteiger partial charge in [-0.3, -0.25) is 14.9 Å². The normalized spacial score (nSPS) is 13.7. The van der Waals surface area contributed by atoms with Crippen LogP contribution in [0, 0.1) is 10.1 Å². The highest BCUT2D eigenvalue weighted by atomic mass is 16.6. The average Bonchev–Trinajstić information content (AvgIpc) is 2.38. The summed E-state index contributed by atoms with van der Waals surface area (Å²) in [7, 11) is 1.29. The molecule has 0 amide bonds. The predicted octanol–water partition coefficient (Wildman–Crippen LogP) is 1.42. The summed E-state index contributed by atoms with van der Waals surface area (Å²) in [6.07, 6.45) is 0.713. The minimum Gasteiger partial charge on any atom is -0.468 e. The predicted molar refractivity (Wildman–Crippen MR) is 66.0 cm³/mol. The van der Waals surface area contributed by atoms with E-state index in [1.807, 2.05) is 0 Å². The van der Waals surface area contributed by atoms with Crippen molar-refractivity contribution in [3.8, 4) is 0 Å². The van der Waals surface area contributed by atoms with E-state index >= 15 is 0 Å². The first kappa shape index (κ1) is 14.1. The first-order valence-corrected chi connectivity index (χ1v) is 5.53. The zero-order valence-electron chi connectivity index (χ0n) is 10.4. The van der Waals surface area contributed by atoms with Crippen molar-refractivity contribution in [2.24, 2.45) is 5.73 Å². The number of benzene rings is 1. The molecule has 6 heteroatoms. The number of carbonyl (C=O) groups excluding carboxylic acids is 1. The van der Waals surface area contributed by atoms with Gasteiger partial charge in [-0.2, -0.15) is 0 Å². The van der Waals surface area contributed by atoms with Crippen LogP contribution < -0.4 is 5.73 Å². The summed E-state index contributed by atoms with van der Waals surface area (Å²) in [4.78, 5) is 21.6. The number of rotatable bonds is 5. The van der Waals surface area contributed by atoms with E-state index in [9.17, 15) is 14.9 Å². The fourth-order valence-electron chi connectivity index (χ4n) is 1.64. The number of nitro groups is 1. The van der Waals surface area contributed by atoms with Crippen LogP contribution in [0.25, 0.3) is 0 Å². The molecule has 0 aromatic heterocycles. The van der Waals surface area contributed by atoms with Crippen molar-refractivity contribution >= 4 is 11.7 Å². The van der Waals surface area contributed by atoms with E-state index in [1.54, 1.807) is 19.1 Å². The van der Waals surface area contributed by atoms with Gasteiger partial charge in [-0.1, -0.05) is 19.1 Å². The number of ether oxygens (including phenoxy) is 1. The van der Waals surface area contributed by atoms with Crippen molar-refractivity contribution in [3.05, 3.63) is 39.9 Å². The SMILES string of the molecule is CC[C@@](N)(Cc1ccc([N+](=O)[O-])cc1)C(=O)OC. The van der Waals surface area contributed by atoms with Crippen LogP contribution in [0.1, 0.15) is 18.9 Å². The van der Waals surface area contributed by atoms with Crippen molar-refractivity contribution in [2.75, 3.05) is 7.11 Å². The van der Waals surface area contributed by atoms with Crippen LogP contribution in [0.15, 0.2) is 24.3 Å². The molecule has 0 saturated carbocycles. The van der Waals surface area contributed by atoms with E-state index in [0.717, 1.165) is 5.56 Å². The molecule has 1 aromatic carbocycles. The largest absolute Gasteiger partial charge is 0.468 e. The molecule has 0 fully saturated rings. The van der Waals surface area contributed by atoms with Gasteiger partial charge in [0.15, 0.2) is 0 Å². The number of esters is 1. The molecule has 0 spiro atoms. The summed E-state index contributed by atoms with van der Waals surface area (Å²) in [5.74, 6) is -0.483. The fraction of sp³-hybridized carbons (Fsp3) is 0.417. The van der Waals surface area contributed by atoms with Crippen molar-refractivity contribution in [1.29, 1.82) is 0 Å². The number of nitrogens with zero attached hydrogens (tertiary/aromatic N) is 1. The number of non-ortho nitro benzene ring substituents is 1.